The van der Waals surface area contributed by atoms with Crippen LogP contribution in [0.5, 0.6) is 0 Å². The number of hydrogen-bond acceptors (Lipinski definition) is 4. The predicted octanol–water partition coefficient (Wildman–Crippen LogP) is 7.97. The molecule has 0 amide bonds. The first-order chi connectivity index (χ1) is 17.2. The third-order valence-corrected chi connectivity index (χ3v) is 11.8. The van der Waals surface area contributed by atoms with E-state index in [2.05, 4.69) is 42.8 Å². The van der Waals surface area contributed by atoms with E-state index in [1.54, 1.807) is 13.8 Å². The maximum Gasteiger partial charge on any atom is 0.302 e. The van der Waals surface area contributed by atoms with Gasteiger partial charge < -0.3 is 9.47 Å². The molecular formula is C31H48BrFO4. The topological polar surface area (TPSA) is 52.6 Å². The molecule has 10 atom stereocenters. The molecular weight excluding hydrogens is 535 g/mol. The fourth-order valence-electron chi connectivity index (χ4n) is 9.32. The van der Waals surface area contributed by atoms with Gasteiger partial charge in [0.2, 0.25) is 0 Å². The average Bonchev–Trinajstić information content (AvgIpc) is 3.11. The van der Waals surface area contributed by atoms with Gasteiger partial charge in [-0.2, -0.15) is 0 Å². The molecule has 4 rings (SSSR count). The van der Waals surface area contributed by atoms with Crippen molar-refractivity contribution in [2.45, 2.75) is 129 Å². The minimum absolute atomic E-state index is 0.241. The highest BCUT2D eigenvalue weighted by atomic mass is 79.9. The Morgan fingerprint density at radius 1 is 1.14 bits per heavy atom. The average molecular weight is 584 g/mol. The van der Waals surface area contributed by atoms with Crippen LogP contribution in [0.2, 0.25) is 0 Å². The van der Waals surface area contributed by atoms with Gasteiger partial charge in [-0.1, -0.05) is 61.2 Å². The maximum absolute atomic E-state index is 14.1. The molecule has 0 bridgehead atoms. The standard InChI is InChI=1S/C31H48BrFO4/c1-18(9-8-13-29(4,5)33)23-10-11-24-28-25(12-14-30(23,24)6)31(7)21(16-26(28)32)15-22(36-19(2)34)17-27(31)37-20(3)35/h16,18,22-28H,8-15,17H2,1-7H3/t18-,22-,23-,24+,25+,26?,27+,28+,30-,31+/m1/s1. The van der Waals surface area contributed by atoms with Crippen LogP contribution in [-0.2, 0) is 19.1 Å². The lowest BCUT2D eigenvalue weighted by Crippen LogP contribution is -2.59. The van der Waals surface area contributed by atoms with Crippen LogP contribution in [0.3, 0.4) is 0 Å². The van der Waals surface area contributed by atoms with Gasteiger partial charge in [0.15, 0.2) is 0 Å². The highest BCUT2D eigenvalue weighted by molar-refractivity contribution is 9.09. The lowest BCUT2D eigenvalue weighted by Gasteiger charge is -2.61. The number of rotatable bonds is 7. The van der Waals surface area contributed by atoms with Gasteiger partial charge in [0.25, 0.3) is 0 Å². The van der Waals surface area contributed by atoms with E-state index in [0.29, 0.717) is 48.9 Å². The highest BCUT2D eigenvalue weighted by Gasteiger charge is 2.63. The molecule has 1 unspecified atom stereocenters. The van der Waals surface area contributed by atoms with Crippen molar-refractivity contribution in [3.63, 3.8) is 0 Å². The Balaban J connectivity index is 1.59. The molecule has 4 nitrogen and oxygen atoms in total. The molecule has 0 heterocycles. The monoisotopic (exact) mass is 582 g/mol. The van der Waals surface area contributed by atoms with Gasteiger partial charge >= 0.3 is 11.9 Å². The van der Waals surface area contributed by atoms with Crippen molar-refractivity contribution in [1.82, 2.24) is 0 Å². The molecule has 3 fully saturated rings. The molecule has 0 aromatic heterocycles. The predicted molar refractivity (Wildman–Crippen MR) is 148 cm³/mol. The third-order valence-electron chi connectivity index (χ3n) is 10.9. The zero-order valence-corrected chi connectivity index (χ0v) is 25.5. The van der Waals surface area contributed by atoms with E-state index >= 15 is 0 Å². The van der Waals surface area contributed by atoms with Gasteiger partial charge in [0, 0.05) is 36.9 Å². The van der Waals surface area contributed by atoms with E-state index in [1.165, 1.54) is 38.7 Å². The van der Waals surface area contributed by atoms with E-state index in [1.807, 2.05) is 0 Å². The molecule has 0 aliphatic heterocycles. The molecule has 6 heteroatoms. The van der Waals surface area contributed by atoms with Crippen molar-refractivity contribution in [1.29, 1.82) is 0 Å². The summed E-state index contributed by atoms with van der Waals surface area (Å²) >= 11 is 4.11. The highest BCUT2D eigenvalue weighted by Crippen LogP contribution is 2.68. The fourth-order valence-corrected chi connectivity index (χ4v) is 10.4. The number of fused-ring (bicyclic) bond motifs is 5. The van der Waals surface area contributed by atoms with Crippen LogP contribution in [-0.4, -0.2) is 34.6 Å². The lowest BCUT2D eigenvalue weighted by atomic mass is 9.46. The molecule has 0 spiro atoms. The van der Waals surface area contributed by atoms with Crippen molar-refractivity contribution < 1.29 is 23.5 Å². The molecule has 0 radical (unpaired) electrons. The van der Waals surface area contributed by atoms with Crippen LogP contribution in [0, 0.1) is 40.4 Å². The number of esters is 2. The summed E-state index contributed by atoms with van der Waals surface area (Å²) in [6.45, 7) is 13.6. The molecule has 0 aromatic rings. The Morgan fingerprint density at radius 2 is 1.81 bits per heavy atom. The van der Waals surface area contributed by atoms with E-state index in [9.17, 15) is 14.0 Å². The Labute approximate surface area is 232 Å². The molecule has 37 heavy (non-hydrogen) atoms. The SMILES string of the molecule is CC(=O)O[C@@H]1CC2=CC(Br)[C@H]3[C@@H]4CC[C@H]([C@H](C)CCCC(C)(C)F)[C@@]4(C)CC[C@@H]3[C@@]2(C)[C@@H](OC(C)=O)C1. The van der Waals surface area contributed by atoms with Crippen LogP contribution in [0.15, 0.2) is 11.6 Å². The van der Waals surface area contributed by atoms with Gasteiger partial charge in [-0.25, -0.2) is 4.39 Å². The minimum atomic E-state index is -1.09. The summed E-state index contributed by atoms with van der Waals surface area (Å²) in [5, 5.41) is 0. The van der Waals surface area contributed by atoms with E-state index in [-0.39, 0.29) is 39.8 Å². The fraction of sp³-hybridized carbons (Fsp3) is 0.871. The number of alkyl halides is 2. The summed E-state index contributed by atoms with van der Waals surface area (Å²) in [5.41, 5.74) is 0.234. The number of hydrogen-bond donors (Lipinski definition) is 0. The maximum atomic E-state index is 14.1. The van der Waals surface area contributed by atoms with Crippen molar-refractivity contribution in [3.05, 3.63) is 11.6 Å². The minimum Gasteiger partial charge on any atom is -0.462 e. The van der Waals surface area contributed by atoms with Gasteiger partial charge in [-0.3, -0.25) is 9.59 Å². The lowest BCUT2D eigenvalue weighted by molar-refractivity contribution is -0.171. The summed E-state index contributed by atoms with van der Waals surface area (Å²) < 4.78 is 25.7. The summed E-state index contributed by atoms with van der Waals surface area (Å²) in [6.07, 6.45) is 10.6. The molecule has 0 N–H and O–H groups in total. The van der Waals surface area contributed by atoms with Crippen molar-refractivity contribution in [2.24, 2.45) is 40.4 Å². The molecule has 4 aliphatic carbocycles. The second-order valence-corrected chi connectivity index (χ2v) is 14.9. The smallest absolute Gasteiger partial charge is 0.302 e. The molecule has 3 saturated carbocycles. The van der Waals surface area contributed by atoms with Gasteiger partial charge in [0.1, 0.15) is 17.9 Å². The largest absolute Gasteiger partial charge is 0.462 e. The summed E-state index contributed by atoms with van der Waals surface area (Å²) in [7, 11) is 0. The zero-order chi connectivity index (χ0) is 27.3. The van der Waals surface area contributed by atoms with Crippen molar-refractivity contribution in [2.75, 3.05) is 0 Å². The number of ether oxygens (including phenoxy) is 2. The Bertz CT molecular complexity index is 911. The van der Waals surface area contributed by atoms with Crippen molar-refractivity contribution in [3.8, 4) is 0 Å². The normalized spacial score (nSPS) is 42.1. The van der Waals surface area contributed by atoms with E-state index < -0.39 is 5.67 Å². The second kappa shape index (κ2) is 10.6. The van der Waals surface area contributed by atoms with Gasteiger partial charge in [0.05, 0.1) is 0 Å². The summed E-state index contributed by atoms with van der Waals surface area (Å²) in [4.78, 5) is 24.2. The Hall–Kier alpha value is -0.910. The van der Waals surface area contributed by atoms with Crippen LogP contribution in [0.1, 0.15) is 106 Å². The second-order valence-electron chi connectivity index (χ2n) is 13.8. The zero-order valence-electron chi connectivity index (χ0n) is 23.9. The molecule has 210 valence electrons. The van der Waals surface area contributed by atoms with E-state index in [4.69, 9.17) is 9.47 Å². The first-order valence-electron chi connectivity index (χ1n) is 14.6. The number of carbonyl (C=O) groups is 2. The van der Waals surface area contributed by atoms with Gasteiger partial charge in [-0.05, 0) is 81.0 Å². The summed E-state index contributed by atoms with van der Waals surface area (Å²) in [5.74, 6) is 2.23. The first kappa shape index (κ1) is 29.1. The molecule has 4 aliphatic rings. The third kappa shape index (κ3) is 5.57. The molecule has 0 saturated heterocycles. The van der Waals surface area contributed by atoms with Crippen molar-refractivity contribution >= 4 is 27.9 Å². The number of allylic oxidation sites excluding steroid dienone is 1. The van der Waals surface area contributed by atoms with Crippen LogP contribution in [0.4, 0.5) is 4.39 Å². The Morgan fingerprint density at radius 3 is 2.43 bits per heavy atom. The van der Waals surface area contributed by atoms with Crippen LogP contribution in [0.25, 0.3) is 0 Å². The number of halogens is 2. The summed E-state index contributed by atoms with van der Waals surface area (Å²) in [6, 6.07) is 0. The first-order valence-corrected chi connectivity index (χ1v) is 15.5. The number of carbonyl (C=O) groups excluding carboxylic acids is 2. The Kier molecular flexibility index (Phi) is 8.31. The quantitative estimate of drug-likeness (QED) is 0.173. The van der Waals surface area contributed by atoms with Crippen LogP contribution >= 0.6 is 15.9 Å². The van der Waals surface area contributed by atoms with E-state index in [0.717, 1.165) is 19.3 Å². The molecule has 0 aromatic carbocycles. The van der Waals surface area contributed by atoms with Gasteiger partial charge in [-0.15, -0.1) is 0 Å². The van der Waals surface area contributed by atoms with Crippen LogP contribution < -0.4 is 0 Å².